The second kappa shape index (κ2) is 12.1. The van der Waals surface area contributed by atoms with Crippen molar-refractivity contribution in [1.29, 1.82) is 0 Å². The first kappa shape index (κ1) is 31.0. The highest BCUT2D eigenvalue weighted by Crippen LogP contribution is 2.42. The molecule has 46 heavy (non-hydrogen) atoms. The lowest BCUT2D eigenvalue weighted by Crippen LogP contribution is -2.39. The SMILES string of the molecule is CNC(=O)c1c(-c2ccc(F)cc2)oc2cc(N(C)S(C)(=O)=O)c(C3CCCN(C(=O)c4c[nH]cc4-c4ccc(F)cc4)C3)cc12. The van der Waals surface area contributed by atoms with Gasteiger partial charge in [0.2, 0.25) is 10.0 Å². The largest absolute Gasteiger partial charge is 0.455 e. The highest BCUT2D eigenvalue weighted by molar-refractivity contribution is 7.92. The van der Waals surface area contributed by atoms with Gasteiger partial charge in [0.15, 0.2) is 0 Å². The maximum absolute atomic E-state index is 13.9. The topological polar surface area (TPSA) is 116 Å². The van der Waals surface area contributed by atoms with Crippen LogP contribution in [-0.2, 0) is 10.0 Å². The standard InChI is InChI=1S/C34H32F2N4O5S/c1-37-33(41)31-26-15-25(29(39(2)46(3,43)44)16-30(26)45-32(31)21-8-12-24(36)13-9-21)22-5-4-14-40(19-22)34(42)28-18-38-17-27(28)20-6-10-23(35)11-7-20/h6-13,15-18,22,38H,4-5,14,19H2,1-3H3,(H,37,41). The fourth-order valence-corrected chi connectivity index (χ4v) is 6.59. The number of carbonyl (C=O) groups is 2. The van der Waals surface area contributed by atoms with E-state index in [2.05, 4.69) is 10.3 Å². The molecule has 3 aromatic carbocycles. The summed E-state index contributed by atoms with van der Waals surface area (Å²) < 4.78 is 60.3. The van der Waals surface area contributed by atoms with Crippen molar-refractivity contribution in [2.45, 2.75) is 18.8 Å². The Balaban J connectivity index is 1.44. The molecule has 1 fully saturated rings. The quantitative estimate of drug-likeness (QED) is 0.220. The number of aromatic nitrogens is 1. The van der Waals surface area contributed by atoms with Crippen LogP contribution in [0.1, 0.15) is 45.0 Å². The monoisotopic (exact) mass is 646 g/mol. The molecular weight excluding hydrogens is 614 g/mol. The molecule has 0 radical (unpaired) electrons. The van der Waals surface area contributed by atoms with Gasteiger partial charge in [-0.3, -0.25) is 13.9 Å². The van der Waals surface area contributed by atoms with Gasteiger partial charge in [-0.2, -0.15) is 0 Å². The molecule has 5 aromatic rings. The molecule has 238 valence electrons. The number of anilines is 1. The van der Waals surface area contributed by atoms with Crippen LogP contribution in [0.15, 0.2) is 77.5 Å². The van der Waals surface area contributed by atoms with Crippen molar-refractivity contribution in [3.05, 3.63) is 101 Å². The molecule has 1 saturated heterocycles. The number of hydrogen-bond acceptors (Lipinski definition) is 5. The number of sulfonamides is 1. The number of carbonyl (C=O) groups excluding carboxylic acids is 2. The fourth-order valence-electron chi connectivity index (χ4n) is 6.08. The number of likely N-dealkylation sites (tertiary alicyclic amines) is 1. The maximum Gasteiger partial charge on any atom is 0.256 e. The van der Waals surface area contributed by atoms with Crippen molar-refractivity contribution in [2.24, 2.45) is 0 Å². The third-order valence-corrected chi connectivity index (χ3v) is 9.71. The van der Waals surface area contributed by atoms with Crippen LogP contribution in [0.2, 0.25) is 0 Å². The first-order valence-electron chi connectivity index (χ1n) is 14.7. The highest BCUT2D eigenvalue weighted by Gasteiger charge is 2.32. The van der Waals surface area contributed by atoms with Gasteiger partial charge in [-0.1, -0.05) is 12.1 Å². The van der Waals surface area contributed by atoms with E-state index in [4.69, 9.17) is 4.42 Å². The van der Waals surface area contributed by atoms with Crippen LogP contribution in [0.25, 0.3) is 33.4 Å². The lowest BCUT2D eigenvalue weighted by molar-refractivity contribution is 0.0708. The zero-order valence-electron chi connectivity index (χ0n) is 25.4. The lowest BCUT2D eigenvalue weighted by atomic mass is 9.87. The smallest absolute Gasteiger partial charge is 0.256 e. The van der Waals surface area contributed by atoms with Crippen LogP contribution in [-0.4, -0.2) is 63.6 Å². The molecule has 2 aromatic heterocycles. The number of benzene rings is 3. The van der Waals surface area contributed by atoms with Gasteiger partial charge in [-0.15, -0.1) is 0 Å². The van der Waals surface area contributed by atoms with Crippen LogP contribution in [0.3, 0.4) is 0 Å². The van der Waals surface area contributed by atoms with E-state index in [1.807, 2.05) is 0 Å². The molecule has 1 aliphatic heterocycles. The summed E-state index contributed by atoms with van der Waals surface area (Å²) in [5.41, 5.74) is 3.79. The molecule has 9 nitrogen and oxygen atoms in total. The number of halogens is 2. The van der Waals surface area contributed by atoms with Crippen molar-refractivity contribution >= 4 is 38.5 Å². The fraction of sp³-hybridized carbons (Fsp3) is 0.235. The van der Waals surface area contributed by atoms with E-state index >= 15 is 0 Å². The van der Waals surface area contributed by atoms with E-state index < -0.39 is 21.7 Å². The summed E-state index contributed by atoms with van der Waals surface area (Å²) in [6, 6.07) is 14.8. The zero-order chi connectivity index (χ0) is 32.7. The van der Waals surface area contributed by atoms with Gasteiger partial charge in [0.05, 0.1) is 23.1 Å². The second-order valence-electron chi connectivity index (χ2n) is 11.4. The number of aromatic amines is 1. The third-order valence-electron chi connectivity index (χ3n) is 8.51. The van der Waals surface area contributed by atoms with Crippen LogP contribution in [0.5, 0.6) is 0 Å². The summed E-state index contributed by atoms with van der Waals surface area (Å²) in [5, 5.41) is 3.11. The van der Waals surface area contributed by atoms with E-state index in [9.17, 15) is 26.8 Å². The van der Waals surface area contributed by atoms with Gasteiger partial charge in [0, 0.05) is 68.1 Å². The molecule has 1 unspecified atom stereocenters. The van der Waals surface area contributed by atoms with E-state index in [0.717, 1.165) is 6.26 Å². The number of nitrogens with one attached hydrogen (secondary N) is 2. The summed E-state index contributed by atoms with van der Waals surface area (Å²) in [6.07, 6.45) is 5.74. The Morgan fingerprint density at radius 2 is 1.65 bits per heavy atom. The summed E-state index contributed by atoms with van der Waals surface area (Å²) >= 11 is 0. The number of nitrogens with zero attached hydrogens (tertiary/aromatic N) is 2. The predicted octanol–water partition coefficient (Wildman–Crippen LogP) is 6.15. The molecule has 2 amide bonds. The Morgan fingerprint density at radius 1 is 1.00 bits per heavy atom. The molecule has 0 bridgehead atoms. The minimum atomic E-state index is -3.71. The number of H-pyrrole nitrogens is 1. The van der Waals surface area contributed by atoms with Crippen molar-refractivity contribution in [3.63, 3.8) is 0 Å². The molecule has 0 aliphatic carbocycles. The Hall–Kier alpha value is -4.97. The van der Waals surface area contributed by atoms with Crippen molar-refractivity contribution < 1.29 is 31.2 Å². The van der Waals surface area contributed by atoms with Crippen LogP contribution >= 0.6 is 0 Å². The van der Waals surface area contributed by atoms with Gasteiger partial charge in [-0.05, 0) is 66.4 Å². The van der Waals surface area contributed by atoms with Crippen LogP contribution in [0, 0.1) is 11.6 Å². The molecule has 12 heteroatoms. The summed E-state index contributed by atoms with van der Waals surface area (Å²) in [4.78, 5) is 31.8. The molecule has 2 N–H and O–H groups in total. The van der Waals surface area contributed by atoms with Crippen molar-refractivity contribution in [3.8, 4) is 22.5 Å². The first-order chi connectivity index (χ1) is 22.0. The normalized spacial score (nSPS) is 15.2. The van der Waals surface area contributed by atoms with Gasteiger partial charge in [0.1, 0.15) is 23.0 Å². The number of fused-ring (bicyclic) bond motifs is 1. The maximum atomic E-state index is 13.9. The number of hydrogen-bond donors (Lipinski definition) is 2. The molecule has 0 spiro atoms. The summed E-state index contributed by atoms with van der Waals surface area (Å²) in [6.45, 7) is 0.785. The van der Waals surface area contributed by atoms with Gasteiger partial charge in [0.25, 0.3) is 11.8 Å². The second-order valence-corrected chi connectivity index (χ2v) is 13.4. The Kier molecular flexibility index (Phi) is 8.15. The van der Waals surface area contributed by atoms with Crippen LogP contribution in [0.4, 0.5) is 14.5 Å². The minimum Gasteiger partial charge on any atom is -0.455 e. The summed E-state index contributed by atoms with van der Waals surface area (Å²) in [7, 11) is -0.770. The van der Waals surface area contributed by atoms with Gasteiger partial charge < -0.3 is 19.6 Å². The molecule has 6 rings (SSSR count). The number of amides is 2. The molecule has 1 aliphatic rings. The summed E-state index contributed by atoms with van der Waals surface area (Å²) in [5.74, 6) is -1.51. The lowest BCUT2D eigenvalue weighted by Gasteiger charge is -2.35. The number of piperidine rings is 1. The highest BCUT2D eigenvalue weighted by atomic mass is 32.2. The van der Waals surface area contributed by atoms with Crippen molar-refractivity contribution in [2.75, 3.05) is 37.7 Å². The van der Waals surface area contributed by atoms with E-state index in [1.54, 1.807) is 41.6 Å². The molecular formula is C34H32F2N4O5S. The molecule has 1 atom stereocenters. The number of furan rings is 1. The molecule has 0 saturated carbocycles. The average Bonchev–Trinajstić information content (AvgIpc) is 3.69. The Morgan fingerprint density at radius 3 is 2.28 bits per heavy atom. The predicted molar refractivity (Wildman–Crippen MR) is 172 cm³/mol. The van der Waals surface area contributed by atoms with E-state index in [-0.39, 0.29) is 34.5 Å². The van der Waals surface area contributed by atoms with E-state index in [1.165, 1.54) is 54.8 Å². The van der Waals surface area contributed by atoms with Gasteiger partial charge >= 0.3 is 0 Å². The average molecular weight is 647 g/mol. The molecule has 3 heterocycles. The van der Waals surface area contributed by atoms with Crippen LogP contribution < -0.4 is 9.62 Å². The Labute approximate surface area is 264 Å². The Bertz CT molecular complexity index is 2050. The third kappa shape index (κ3) is 5.76. The van der Waals surface area contributed by atoms with Crippen molar-refractivity contribution in [1.82, 2.24) is 15.2 Å². The number of rotatable bonds is 7. The first-order valence-corrected chi connectivity index (χ1v) is 16.6. The minimum absolute atomic E-state index is 0.211. The van der Waals surface area contributed by atoms with E-state index in [0.29, 0.717) is 64.8 Å². The zero-order valence-corrected chi connectivity index (χ0v) is 26.3. The van der Waals surface area contributed by atoms with Gasteiger partial charge in [-0.25, -0.2) is 17.2 Å².